The Morgan fingerprint density at radius 2 is 0.880 bits per heavy atom. The monoisotopic (exact) mass is 1130 g/mol. The molecule has 1 aliphatic rings. The molecule has 31 heteroatoms. The molecule has 75 heavy (non-hydrogen) atoms. The molecular weight excluding hydrogens is 1070 g/mol. The zero-order chi connectivity index (χ0) is 58.0. The van der Waals surface area contributed by atoms with Gasteiger partial charge in [0.15, 0.2) is 24.6 Å². The van der Waals surface area contributed by atoms with Crippen molar-refractivity contribution < 1.29 is 137 Å². The molecule has 0 aromatic carbocycles. The molecule has 1 saturated heterocycles. The molecule has 14 nitrogen and oxygen atoms in total. The van der Waals surface area contributed by atoms with E-state index in [1.165, 1.54) is 12.0 Å². The van der Waals surface area contributed by atoms with Gasteiger partial charge >= 0.3 is 77.5 Å². The number of amides is 1. The third kappa shape index (κ3) is 18.3. The first-order valence-corrected chi connectivity index (χ1v) is 23.3. The van der Waals surface area contributed by atoms with E-state index in [0.717, 1.165) is 53.4 Å². The number of unbranched alkanes of at least 4 members (excludes halogenated alkanes) is 11. The van der Waals surface area contributed by atoms with Crippen LogP contribution in [0, 0.1) is 0 Å². The first-order valence-electron chi connectivity index (χ1n) is 23.3. The predicted octanol–water partition coefficient (Wildman–Crippen LogP) is 10.3. The molecule has 1 aliphatic heterocycles. The minimum Gasteiger partial charge on any atom is -0.469 e. The van der Waals surface area contributed by atoms with Crippen molar-refractivity contribution in [3.63, 3.8) is 0 Å². The van der Waals surface area contributed by atoms with E-state index in [1.54, 1.807) is 0 Å². The Bertz CT molecular complexity index is 1860. The van der Waals surface area contributed by atoms with Crippen LogP contribution in [0.25, 0.3) is 0 Å². The average molecular weight is 1130 g/mol. The van der Waals surface area contributed by atoms with Crippen LogP contribution in [0.5, 0.6) is 0 Å². The number of carbonyl (C=O) groups excluding carboxylic acids is 6. The number of hydrogen-bond donors (Lipinski definition) is 0. The summed E-state index contributed by atoms with van der Waals surface area (Å²) < 4.78 is 270. The fourth-order valence-corrected chi connectivity index (χ4v) is 7.36. The van der Waals surface area contributed by atoms with Crippen molar-refractivity contribution in [2.75, 3.05) is 33.4 Å². The summed E-state index contributed by atoms with van der Waals surface area (Å²) in [5.74, 6) is -61.3. The molecule has 0 aromatic heterocycles. The molecule has 438 valence electrons. The highest BCUT2D eigenvalue weighted by atomic mass is 19.4. The molecule has 0 spiro atoms. The number of esters is 5. The van der Waals surface area contributed by atoms with Gasteiger partial charge in [-0.25, -0.2) is 0 Å². The summed E-state index contributed by atoms with van der Waals surface area (Å²) in [6.45, 7) is 2.39. The standard InChI is InChI=1S/C44H60F17NO13/c1-26(63)71-25-30-33(72-27(2)64)34(73-28(3)65)35(74-29(4)66)36(75-30)70-24-23-62(31(67)19-15-11-8-6-7-9-12-16-20-32(68)69-5)22-18-14-10-13-17-21-37(45,46)38(47,48)39(49,50)40(51,52)41(53,54)42(55,56)43(57,58)44(59,60)61/h30,33-36H,6-25H2,1-5H3/t30-,33+,34+,35-,36-/m1/s1. The Morgan fingerprint density at radius 1 is 0.467 bits per heavy atom. The molecule has 0 bridgehead atoms. The summed E-state index contributed by atoms with van der Waals surface area (Å²) >= 11 is 0. The number of hydrogen-bond acceptors (Lipinski definition) is 13. The summed E-state index contributed by atoms with van der Waals surface area (Å²) in [4.78, 5) is 74.1. The molecule has 1 amide bonds. The van der Waals surface area contributed by atoms with Gasteiger partial charge in [-0.05, 0) is 25.7 Å². The number of carbonyl (C=O) groups is 6. The Labute approximate surface area is 419 Å². The maximum absolute atomic E-state index is 14.5. The van der Waals surface area contributed by atoms with Gasteiger partial charge in [-0.3, -0.25) is 28.8 Å². The highest BCUT2D eigenvalue weighted by Gasteiger charge is 2.95. The summed E-state index contributed by atoms with van der Waals surface area (Å²) in [6.07, 6.45) is -14.9. The maximum Gasteiger partial charge on any atom is 0.460 e. The highest BCUT2D eigenvalue weighted by Crippen LogP contribution is 2.64. The Morgan fingerprint density at radius 3 is 1.35 bits per heavy atom. The second kappa shape index (κ2) is 28.8. The third-order valence-electron chi connectivity index (χ3n) is 11.4. The van der Waals surface area contributed by atoms with Crippen LogP contribution >= 0.6 is 0 Å². The lowest BCUT2D eigenvalue weighted by molar-refractivity contribution is -0.461. The van der Waals surface area contributed by atoms with Gasteiger partial charge < -0.3 is 38.1 Å². The quantitative estimate of drug-likeness (QED) is 0.0258. The number of rotatable bonds is 34. The van der Waals surface area contributed by atoms with E-state index in [-0.39, 0.29) is 51.2 Å². The SMILES string of the molecule is COC(=O)CCCCCCCCCCC(=O)N(CCCCCCCC(F)(F)C(F)(F)C(F)(F)C(F)(F)C(F)(F)C(F)(F)C(F)(F)C(F)(F)F)CCO[C@@H]1O[C@H](COC(C)=O)[C@H](OC(C)=O)[C@H](OC(C)=O)[C@H]1OC(C)=O. The van der Waals surface area contributed by atoms with E-state index in [9.17, 15) is 103 Å². The predicted molar refractivity (Wildman–Crippen MR) is 221 cm³/mol. The molecule has 0 saturated carbocycles. The van der Waals surface area contributed by atoms with Crippen molar-refractivity contribution in [3.05, 3.63) is 0 Å². The zero-order valence-corrected chi connectivity index (χ0v) is 41.2. The number of alkyl halides is 17. The molecule has 1 heterocycles. The van der Waals surface area contributed by atoms with Gasteiger partial charge in [-0.1, -0.05) is 57.8 Å². The smallest absolute Gasteiger partial charge is 0.460 e. The fourth-order valence-electron chi connectivity index (χ4n) is 7.36. The molecule has 5 atom stereocenters. The van der Waals surface area contributed by atoms with E-state index in [0.29, 0.717) is 25.7 Å². The van der Waals surface area contributed by atoms with Crippen molar-refractivity contribution in [2.45, 2.75) is 209 Å². The second-order valence-corrected chi connectivity index (χ2v) is 17.4. The summed E-state index contributed by atoms with van der Waals surface area (Å²) in [7, 11) is 1.28. The summed E-state index contributed by atoms with van der Waals surface area (Å²) in [6, 6.07) is 0. The van der Waals surface area contributed by atoms with Crippen LogP contribution in [0.1, 0.15) is 130 Å². The molecule has 0 aliphatic carbocycles. The summed E-state index contributed by atoms with van der Waals surface area (Å²) in [5, 5.41) is 0. The van der Waals surface area contributed by atoms with Crippen LogP contribution in [-0.2, 0) is 61.9 Å². The highest BCUT2D eigenvalue weighted by molar-refractivity contribution is 5.76. The van der Waals surface area contributed by atoms with Crippen LogP contribution in [0.3, 0.4) is 0 Å². The minimum absolute atomic E-state index is 0.0382. The molecule has 0 unspecified atom stereocenters. The summed E-state index contributed by atoms with van der Waals surface area (Å²) in [5.41, 5.74) is 0. The molecule has 1 fully saturated rings. The third-order valence-corrected chi connectivity index (χ3v) is 11.4. The van der Waals surface area contributed by atoms with Gasteiger partial charge in [0.25, 0.3) is 0 Å². The Hall–Kier alpha value is -4.45. The van der Waals surface area contributed by atoms with E-state index in [4.69, 9.17) is 28.4 Å². The van der Waals surface area contributed by atoms with Gasteiger partial charge in [0, 0.05) is 60.0 Å². The number of halogens is 17. The first-order chi connectivity index (χ1) is 34.3. The van der Waals surface area contributed by atoms with Crippen LogP contribution in [0.15, 0.2) is 0 Å². The molecule has 0 radical (unpaired) electrons. The largest absolute Gasteiger partial charge is 0.469 e. The molecule has 1 rings (SSSR count). The van der Waals surface area contributed by atoms with Gasteiger partial charge in [0.05, 0.1) is 13.7 Å². The van der Waals surface area contributed by atoms with E-state index in [1.807, 2.05) is 0 Å². The van der Waals surface area contributed by atoms with Crippen LogP contribution < -0.4 is 0 Å². The Balaban J connectivity index is 3.18. The van der Waals surface area contributed by atoms with Gasteiger partial charge in [-0.2, -0.15) is 74.6 Å². The molecule has 0 N–H and O–H groups in total. The fraction of sp³-hybridized carbons (Fsp3) is 0.864. The zero-order valence-electron chi connectivity index (χ0n) is 41.2. The lowest BCUT2D eigenvalue weighted by atomic mass is 9.87. The van der Waals surface area contributed by atoms with Crippen LogP contribution in [0.4, 0.5) is 74.6 Å². The number of methoxy groups -OCH3 is 1. The Kier molecular flexibility index (Phi) is 26.3. The van der Waals surface area contributed by atoms with Crippen molar-refractivity contribution in [1.82, 2.24) is 4.90 Å². The van der Waals surface area contributed by atoms with E-state index < -0.39 is 141 Å². The van der Waals surface area contributed by atoms with Crippen molar-refractivity contribution in [3.8, 4) is 0 Å². The molecular formula is C44H60F17NO13. The lowest BCUT2D eigenvalue weighted by Crippen LogP contribution is -2.74. The van der Waals surface area contributed by atoms with Crippen LogP contribution in [-0.4, -0.2) is 152 Å². The van der Waals surface area contributed by atoms with Crippen molar-refractivity contribution in [1.29, 1.82) is 0 Å². The van der Waals surface area contributed by atoms with Crippen molar-refractivity contribution in [2.24, 2.45) is 0 Å². The van der Waals surface area contributed by atoms with E-state index in [2.05, 4.69) is 4.74 Å². The number of ether oxygens (including phenoxy) is 7. The maximum atomic E-state index is 14.5. The second-order valence-electron chi connectivity index (χ2n) is 17.4. The number of nitrogens with zero attached hydrogens (tertiary/aromatic N) is 1. The average Bonchev–Trinajstić information content (AvgIpc) is 3.28. The first kappa shape index (κ1) is 68.6. The van der Waals surface area contributed by atoms with Gasteiger partial charge in [0.1, 0.15) is 12.7 Å². The topological polar surface area (TPSA) is 170 Å². The van der Waals surface area contributed by atoms with E-state index >= 15 is 0 Å². The lowest BCUT2D eigenvalue weighted by Gasteiger charge is -2.44. The normalized spacial score (nSPS) is 19.3. The van der Waals surface area contributed by atoms with Crippen LogP contribution in [0.2, 0.25) is 0 Å². The van der Waals surface area contributed by atoms with Gasteiger partial charge in [0.2, 0.25) is 5.91 Å². The molecule has 0 aromatic rings. The van der Waals surface area contributed by atoms with Crippen molar-refractivity contribution >= 4 is 35.8 Å². The van der Waals surface area contributed by atoms with Gasteiger partial charge in [-0.15, -0.1) is 0 Å². The minimum atomic E-state index is -8.71.